The lowest BCUT2D eigenvalue weighted by Crippen LogP contribution is -2.40. The summed E-state index contributed by atoms with van der Waals surface area (Å²) in [5.74, 6) is 0. The van der Waals surface area contributed by atoms with Gasteiger partial charge in [-0.05, 0) is 69.8 Å². The number of fused-ring (bicyclic) bond motifs is 2. The molecule has 28 heavy (non-hydrogen) atoms. The van der Waals surface area contributed by atoms with Crippen molar-refractivity contribution in [3.05, 3.63) is 41.9 Å². The number of pyridine rings is 1. The largest absolute Gasteiger partial charge is 0.311 e. The molecule has 7 nitrogen and oxygen atoms in total. The van der Waals surface area contributed by atoms with Crippen molar-refractivity contribution >= 4 is 16.7 Å². The van der Waals surface area contributed by atoms with Crippen LogP contribution in [0.25, 0.3) is 28.1 Å². The van der Waals surface area contributed by atoms with Gasteiger partial charge in [-0.15, -0.1) is 0 Å². The highest BCUT2D eigenvalue weighted by Crippen LogP contribution is 2.45. The number of hydrogen-bond donors (Lipinski definition) is 1. The predicted octanol–water partition coefficient (Wildman–Crippen LogP) is 3.21. The van der Waals surface area contributed by atoms with E-state index >= 15 is 0 Å². The van der Waals surface area contributed by atoms with Gasteiger partial charge >= 0.3 is 0 Å². The Morgan fingerprint density at radius 1 is 1.04 bits per heavy atom. The summed E-state index contributed by atoms with van der Waals surface area (Å²) < 4.78 is 3.99. The van der Waals surface area contributed by atoms with Crippen LogP contribution in [0, 0.1) is 13.8 Å². The van der Waals surface area contributed by atoms with Gasteiger partial charge in [0.25, 0.3) is 0 Å². The molecule has 1 saturated heterocycles. The summed E-state index contributed by atoms with van der Waals surface area (Å²) in [5.41, 5.74) is 6.95. The van der Waals surface area contributed by atoms with E-state index in [-0.39, 0.29) is 0 Å². The minimum Gasteiger partial charge on any atom is -0.311 e. The lowest BCUT2D eigenvalue weighted by molar-refractivity contribution is 0.272. The standard InChI is InChI=1S/C21H23N7/c1-13-9-18(26-28-11-14(2)23-20(13)28)16-3-4-17-19(24-16)12-27(25-17)15-5-8-22-21(10-15)6-7-21/h3-4,9,11-12,15,22H,5-8,10H2,1-2H3/t15-/m1/s1. The molecule has 4 aromatic heterocycles. The predicted molar refractivity (Wildman–Crippen MR) is 107 cm³/mol. The van der Waals surface area contributed by atoms with Crippen LogP contribution < -0.4 is 5.32 Å². The Balaban J connectivity index is 1.38. The molecule has 142 valence electrons. The average Bonchev–Trinajstić information content (AvgIpc) is 3.13. The molecule has 2 fully saturated rings. The fourth-order valence-corrected chi connectivity index (χ4v) is 4.51. The first-order valence-corrected chi connectivity index (χ1v) is 10.0. The first kappa shape index (κ1) is 16.2. The minimum atomic E-state index is 0.388. The fraction of sp³-hybridized carbons (Fsp3) is 0.429. The van der Waals surface area contributed by atoms with Gasteiger partial charge in [-0.1, -0.05) is 0 Å². The van der Waals surface area contributed by atoms with Gasteiger partial charge in [0.1, 0.15) is 16.7 Å². The van der Waals surface area contributed by atoms with E-state index in [4.69, 9.17) is 15.2 Å². The second kappa shape index (κ2) is 5.61. The Kier molecular flexibility index (Phi) is 3.24. The van der Waals surface area contributed by atoms with Crippen LogP contribution in [0.4, 0.5) is 0 Å². The molecule has 0 aromatic carbocycles. The molecule has 1 N–H and O–H groups in total. The van der Waals surface area contributed by atoms with E-state index in [1.165, 1.54) is 19.3 Å². The van der Waals surface area contributed by atoms with E-state index in [1.54, 1.807) is 0 Å². The molecular formula is C21H23N7. The third kappa shape index (κ3) is 2.53. The van der Waals surface area contributed by atoms with Gasteiger partial charge in [-0.3, -0.25) is 4.68 Å². The minimum absolute atomic E-state index is 0.388. The highest BCUT2D eigenvalue weighted by atomic mass is 15.3. The topological polar surface area (TPSA) is 72.9 Å². The van der Waals surface area contributed by atoms with Crippen LogP contribution in [-0.4, -0.2) is 41.4 Å². The van der Waals surface area contributed by atoms with E-state index < -0.39 is 0 Å². The van der Waals surface area contributed by atoms with Crippen molar-refractivity contribution in [1.82, 2.24) is 34.7 Å². The monoisotopic (exact) mass is 373 g/mol. The van der Waals surface area contributed by atoms with Crippen LogP contribution in [0.3, 0.4) is 0 Å². The van der Waals surface area contributed by atoms with E-state index in [0.717, 1.165) is 52.3 Å². The van der Waals surface area contributed by atoms with Gasteiger partial charge in [0, 0.05) is 5.54 Å². The molecule has 4 aromatic rings. The molecular weight excluding hydrogens is 350 g/mol. The number of aryl methyl sites for hydroxylation is 2. The number of aromatic nitrogens is 6. The maximum absolute atomic E-state index is 4.87. The van der Waals surface area contributed by atoms with Gasteiger partial charge in [0.05, 0.1) is 29.8 Å². The van der Waals surface area contributed by atoms with E-state index in [2.05, 4.69) is 40.2 Å². The fourth-order valence-electron chi connectivity index (χ4n) is 4.51. The summed E-state index contributed by atoms with van der Waals surface area (Å²) in [6, 6.07) is 6.60. The normalized spacial score (nSPS) is 21.0. The van der Waals surface area contributed by atoms with Crippen LogP contribution in [0.1, 0.15) is 43.0 Å². The van der Waals surface area contributed by atoms with Crippen LogP contribution in [0.15, 0.2) is 30.6 Å². The van der Waals surface area contributed by atoms with Crippen LogP contribution in [-0.2, 0) is 0 Å². The molecule has 1 atom stereocenters. The molecule has 0 bridgehead atoms. The van der Waals surface area contributed by atoms with Crippen molar-refractivity contribution in [2.75, 3.05) is 6.54 Å². The molecule has 1 spiro atoms. The molecule has 0 unspecified atom stereocenters. The maximum Gasteiger partial charge on any atom is 0.156 e. The summed E-state index contributed by atoms with van der Waals surface area (Å²) in [7, 11) is 0. The maximum atomic E-state index is 4.87. The highest BCUT2D eigenvalue weighted by Gasteiger charge is 2.46. The Labute approximate surface area is 162 Å². The Morgan fingerprint density at radius 2 is 1.93 bits per heavy atom. The second-order valence-corrected chi connectivity index (χ2v) is 8.43. The SMILES string of the molecule is Cc1cn2nc(-c3ccc4nn([C@@H]5CCNC6(CC6)C5)cc4n3)cc(C)c2n1. The van der Waals surface area contributed by atoms with Crippen molar-refractivity contribution in [2.45, 2.75) is 51.1 Å². The molecule has 5 heterocycles. The number of imidazole rings is 1. The Morgan fingerprint density at radius 3 is 2.79 bits per heavy atom. The van der Waals surface area contributed by atoms with Crippen molar-refractivity contribution in [3.8, 4) is 11.4 Å². The van der Waals surface area contributed by atoms with Crippen LogP contribution in [0.5, 0.6) is 0 Å². The van der Waals surface area contributed by atoms with Gasteiger partial charge < -0.3 is 5.32 Å². The molecule has 1 aliphatic carbocycles. The quantitative estimate of drug-likeness (QED) is 0.584. The van der Waals surface area contributed by atoms with Crippen molar-refractivity contribution in [2.24, 2.45) is 0 Å². The zero-order valence-corrected chi connectivity index (χ0v) is 16.2. The van der Waals surface area contributed by atoms with Crippen molar-refractivity contribution < 1.29 is 0 Å². The summed E-state index contributed by atoms with van der Waals surface area (Å²) in [5, 5.41) is 13.2. The molecule has 0 amide bonds. The zero-order valence-electron chi connectivity index (χ0n) is 16.2. The highest BCUT2D eigenvalue weighted by molar-refractivity contribution is 5.77. The second-order valence-electron chi connectivity index (χ2n) is 8.43. The number of piperidine rings is 1. The first-order chi connectivity index (χ1) is 13.6. The van der Waals surface area contributed by atoms with Gasteiger partial charge in [0.15, 0.2) is 5.65 Å². The smallest absolute Gasteiger partial charge is 0.156 e. The summed E-state index contributed by atoms with van der Waals surface area (Å²) in [6.07, 6.45) is 8.96. The zero-order chi connectivity index (χ0) is 18.9. The molecule has 2 aliphatic rings. The van der Waals surface area contributed by atoms with Crippen LogP contribution in [0.2, 0.25) is 0 Å². The Bertz CT molecular complexity index is 1210. The Hall–Kier alpha value is -2.80. The van der Waals surface area contributed by atoms with Gasteiger partial charge in [-0.25, -0.2) is 14.5 Å². The van der Waals surface area contributed by atoms with E-state index in [1.807, 2.05) is 23.7 Å². The average molecular weight is 373 g/mol. The van der Waals surface area contributed by atoms with Crippen molar-refractivity contribution in [1.29, 1.82) is 0 Å². The lowest BCUT2D eigenvalue weighted by Gasteiger charge is -2.30. The molecule has 1 aliphatic heterocycles. The summed E-state index contributed by atoms with van der Waals surface area (Å²) in [4.78, 5) is 9.40. The molecule has 6 rings (SSSR count). The van der Waals surface area contributed by atoms with E-state index in [9.17, 15) is 0 Å². The molecule has 0 radical (unpaired) electrons. The first-order valence-electron chi connectivity index (χ1n) is 10.0. The third-order valence-corrected chi connectivity index (χ3v) is 6.20. The molecule has 1 saturated carbocycles. The summed E-state index contributed by atoms with van der Waals surface area (Å²) in [6.45, 7) is 5.13. The van der Waals surface area contributed by atoms with E-state index in [0.29, 0.717) is 11.6 Å². The van der Waals surface area contributed by atoms with Gasteiger partial charge in [-0.2, -0.15) is 10.2 Å². The van der Waals surface area contributed by atoms with Crippen molar-refractivity contribution in [3.63, 3.8) is 0 Å². The number of nitrogens with one attached hydrogen (secondary N) is 1. The summed E-state index contributed by atoms with van der Waals surface area (Å²) >= 11 is 0. The molecule has 7 heteroatoms. The third-order valence-electron chi connectivity index (χ3n) is 6.20. The van der Waals surface area contributed by atoms with Crippen LogP contribution >= 0.6 is 0 Å². The van der Waals surface area contributed by atoms with Gasteiger partial charge in [0.2, 0.25) is 0 Å². The number of nitrogens with zero attached hydrogens (tertiary/aromatic N) is 6. The number of rotatable bonds is 2. The number of hydrogen-bond acceptors (Lipinski definition) is 5. The lowest BCUT2D eigenvalue weighted by atomic mass is 9.98.